The molecule has 0 aliphatic carbocycles. The molecule has 2 aliphatic heterocycles. The van der Waals surface area contributed by atoms with Crippen LogP contribution in [0.4, 0.5) is 37.8 Å². The molecule has 2 saturated heterocycles. The Hall–Kier alpha value is -3.32. The summed E-state index contributed by atoms with van der Waals surface area (Å²) in [5.74, 6) is -1.65. The number of rotatable bonds is 13. The molecule has 0 spiro atoms. The van der Waals surface area contributed by atoms with E-state index in [9.17, 15) is 22.0 Å². The number of ether oxygens (including phenoxy) is 1. The van der Waals surface area contributed by atoms with Crippen molar-refractivity contribution in [3.63, 3.8) is 0 Å². The van der Waals surface area contributed by atoms with Crippen molar-refractivity contribution in [2.24, 2.45) is 11.8 Å². The van der Waals surface area contributed by atoms with Gasteiger partial charge in [-0.2, -0.15) is 23.1 Å². The lowest BCUT2D eigenvalue weighted by atomic mass is 9.97. The largest absolute Gasteiger partial charge is 0.467 e. The van der Waals surface area contributed by atoms with Gasteiger partial charge in [0, 0.05) is 35.5 Å². The van der Waals surface area contributed by atoms with Gasteiger partial charge in [0.15, 0.2) is 11.6 Å². The topological polar surface area (TPSA) is 88.3 Å². The third-order valence-corrected chi connectivity index (χ3v) is 8.84. The summed E-state index contributed by atoms with van der Waals surface area (Å²) >= 11 is 0. The summed E-state index contributed by atoms with van der Waals surface area (Å²) in [6, 6.07) is 1.79. The Labute approximate surface area is 333 Å². The summed E-state index contributed by atoms with van der Waals surface area (Å²) in [6.45, 7) is 29.7. The maximum atomic E-state index is 16.2. The monoisotopic (exact) mass is 803 g/mol. The number of anilines is 2. The first-order chi connectivity index (χ1) is 26.5. The van der Waals surface area contributed by atoms with Gasteiger partial charge in [-0.3, -0.25) is 4.90 Å². The van der Waals surface area contributed by atoms with Crippen LogP contribution < -0.4 is 31.7 Å². The number of nitrogens with two attached hydrogens (primary N) is 1. The number of hydrogen-bond donors (Lipinski definition) is 3. The van der Waals surface area contributed by atoms with Gasteiger partial charge < -0.3 is 21.1 Å². The number of nitrogen functional groups attached to an aromatic ring is 1. The highest BCUT2D eigenvalue weighted by molar-refractivity contribution is 5.94. The molecule has 4 rings (SSSR count). The predicted molar refractivity (Wildman–Crippen MR) is 224 cm³/mol. The molecule has 2 aliphatic rings. The molecule has 3 unspecified atom stereocenters. The van der Waals surface area contributed by atoms with E-state index < -0.39 is 46.4 Å². The molecule has 1 aromatic heterocycles. The number of benzene rings is 1. The number of nitrogens with zero attached hydrogens (tertiary/aromatic N) is 3. The predicted octanol–water partition coefficient (Wildman–Crippen LogP) is 10.3. The first kappa shape index (κ1) is 52.7. The second-order valence-corrected chi connectivity index (χ2v) is 14.2. The van der Waals surface area contributed by atoms with Gasteiger partial charge >= 0.3 is 12.2 Å². The molecule has 0 radical (unpaired) electrons. The van der Waals surface area contributed by atoms with Crippen LogP contribution in [-0.4, -0.2) is 66.9 Å². The summed E-state index contributed by atoms with van der Waals surface area (Å²) in [5, 5.41) is 6.56. The van der Waals surface area contributed by atoms with Crippen molar-refractivity contribution in [1.29, 1.82) is 0 Å². The average Bonchev–Trinajstić information content (AvgIpc) is 3.75. The first-order valence-electron chi connectivity index (χ1n) is 20.5. The van der Waals surface area contributed by atoms with E-state index >= 15 is 4.39 Å². The standard InChI is InChI=1S/C29H40F5N5O.C7H12FN.C3H8.2C2H6/c1-8-9-18(5)22-26(24(30)19(6)23-20(29(32,33)34)10-11-21(35)25(23)31)38-28(40-7)39-27(22)37-15-17(4)14-36-13-12-16(2)3;8-6-4-7-2-1-3-9(7)5-6;1-3-2;2*1-2/h10-11,16-17,36H,6,8-9,12-15,35H2,1-5,7H3,(H,37,38,39);6-7H,1-5H2;3H2,1-2H3;2*1-2H3/b22-18-,26-24-;;;;. The van der Waals surface area contributed by atoms with Gasteiger partial charge in [0.2, 0.25) is 0 Å². The minimum atomic E-state index is -4.98. The van der Waals surface area contributed by atoms with Crippen LogP contribution in [0.15, 0.2) is 18.7 Å². The molecule has 7 nitrogen and oxygen atoms in total. The fraction of sp³-hybridized carbons (Fsp3) is 0.674. The molecule has 1 aromatic carbocycles. The van der Waals surface area contributed by atoms with Crippen LogP contribution in [0.2, 0.25) is 0 Å². The fourth-order valence-electron chi connectivity index (χ4n) is 6.21. The number of alkyl halides is 4. The third kappa shape index (κ3) is 16.6. The number of methoxy groups -OCH3 is 1. The van der Waals surface area contributed by atoms with Crippen LogP contribution in [0.25, 0.3) is 17.0 Å². The van der Waals surface area contributed by atoms with Crippen LogP contribution in [0.1, 0.15) is 132 Å². The molecule has 3 atom stereocenters. The van der Waals surface area contributed by atoms with Crippen molar-refractivity contribution in [3.8, 4) is 6.01 Å². The lowest BCUT2D eigenvalue weighted by Gasteiger charge is -2.17. The number of allylic oxidation sites excluding steroid dienone is 1. The van der Waals surface area contributed by atoms with Crippen molar-refractivity contribution >= 4 is 28.5 Å². The third-order valence-electron chi connectivity index (χ3n) is 8.84. The van der Waals surface area contributed by atoms with Gasteiger partial charge in [-0.1, -0.05) is 94.2 Å². The maximum absolute atomic E-state index is 16.2. The molecule has 0 saturated carbocycles. The number of halogens is 6. The summed E-state index contributed by atoms with van der Waals surface area (Å²) in [7, 11) is 1.29. The molecule has 0 amide bonds. The second kappa shape index (κ2) is 27.3. The van der Waals surface area contributed by atoms with Crippen LogP contribution in [0.5, 0.6) is 6.01 Å². The zero-order chi connectivity index (χ0) is 43.2. The van der Waals surface area contributed by atoms with Crippen molar-refractivity contribution in [1.82, 2.24) is 20.2 Å². The van der Waals surface area contributed by atoms with Crippen molar-refractivity contribution in [3.05, 3.63) is 46.2 Å². The Balaban J connectivity index is 0.00000157. The highest BCUT2D eigenvalue weighted by Crippen LogP contribution is 2.40. The zero-order valence-electron chi connectivity index (χ0n) is 36.3. The number of aromatic nitrogens is 2. The Morgan fingerprint density at radius 1 is 1.07 bits per heavy atom. The lowest BCUT2D eigenvalue weighted by Crippen LogP contribution is -2.37. The van der Waals surface area contributed by atoms with Crippen LogP contribution >= 0.6 is 0 Å². The highest BCUT2D eigenvalue weighted by atomic mass is 19.4. The Kier molecular flexibility index (Phi) is 25.7. The Morgan fingerprint density at radius 2 is 1.70 bits per heavy atom. The van der Waals surface area contributed by atoms with E-state index in [1.165, 1.54) is 26.4 Å². The number of fused-ring (bicyclic) bond motifs is 1. The van der Waals surface area contributed by atoms with E-state index in [4.69, 9.17) is 10.5 Å². The zero-order valence-corrected chi connectivity index (χ0v) is 36.3. The molecule has 0 bridgehead atoms. The van der Waals surface area contributed by atoms with Crippen molar-refractivity contribution in [2.75, 3.05) is 50.9 Å². The van der Waals surface area contributed by atoms with Gasteiger partial charge in [-0.25, -0.2) is 13.2 Å². The average molecular weight is 803 g/mol. The van der Waals surface area contributed by atoms with Gasteiger partial charge in [-0.15, -0.1) is 0 Å². The normalized spacial score (nSPS) is 17.7. The molecule has 2 fully saturated rings. The number of nitrogens with one attached hydrogen (secondary N) is 2. The van der Waals surface area contributed by atoms with Crippen molar-refractivity contribution < 1.29 is 31.1 Å². The molecule has 2 aromatic rings. The molecular weight excluding hydrogens is 731 g/mol. The summed E-state index contributed by atoms with van der Waals surface area (Å²) in [4.78, 5) is 10.8. The lowest BCUT2D eigenvalue weighted by molar-refractivity contribution is -0.137. The SMILES string of the molecule is C=C(/C(F)=c1/nc(OC)nc(NCC(C)CNCCC(C)C)/c1=C(/C)CCC)c1c(C(F)(F)F)ccc(N)c1F.CC.CC.CCC.FC1CC2CCCN2C1. The van der Waals surface area contributed by atoms with Gasteiger partial charge in [-0.05, 0) is 82.6 Å². The van der Waals surface area contributed by atoms with Crippen LogP contribution in [0.3, 0.4) is 0 Å². The van der Waals surface area contributed by atoms with Gasteiger partial charge in [0.1, 0.15) is 17.3 Å². The molecule has 56 heavy (non-hydrogen) atoms. The van der Waals surface area contributed by atoms with E-state index in [0.717, 1.165) is 38.5 Å². The molecular formula is C43H72F6N6O. The summed E-state index contributed by atoms with van der Waals surface area (Å²) < 4.78 is 90.2. The minimum Gasteiger partial charge on any atom is -0.467 e. The van der Waals surface area contributed by atoms with E-state index in [2.05, 4.69) is 59.8 Å². The van der Waals surface area contributed by atoms with Crippen LogP contribution in [0, 0.1) is 17.7 Å². The summed E-state index contributed by atoms with van der Waals surface area (Å²) in [5.41, 5.74) is 2.37. The molecule has 4 N–H and O–H groups in total. The number of hydrogen-bond acceptors (Lipinski definition) is 7. The Bertz CT molecular complexity index is 1550. The smallest absolute Gasteiger partial charge is 0.417 e. The molecule has 13 heteroatoms. The highest BCUT2D eigenvalue weighted by Gasteiger charge is 2.37. The second-order valence-electron chi connectivity index (χ2n) is 14.2. The van der Waals surface area contributed by atoms with E-state index in [1.807, 2.05) is 41.5 Å². The van der Waals surface area contributed by atoms with Gasteiger partial charge in [0.25, 0.3) is 0 Å². The van der Waals surface area contributed by atoms with Crippen LogP contribution in [-0.2, 0) is 6.18 Å². The fourth-order valence-corrected chi connectivity index (χ4v) is 6.21. The maximum Gasteiger partial charge on any atom is 0.417 e. The minimum absolute atomic E-state index is 0.162. The van der Waals surface area contributed by atoms with Crippen molar-refractivity contribution in [2.45, 2.75) is 139 Å². The van der Waals surface area contributed by atoms with E-state index in [0.29, 0.717) is 49.5 Å². The Morgan fingerprint density at radius 3 is 2.23 bits per heavy atom. The first-order valence-corrected chi connectivity index (χ1v) is 20.5. The van der Waals surface area contributed by atoms with Gasteiger partial charge in [0.05, 0.1) is 18.4 Å². The molecule has 322 valence electrons. The van der Waals surface area contributed by atoms with E-state index in [1.54, 1.807) is 6.92 Å². The summed E-state index contributed by atoms with van der Waals surface area (Å²) in [6.07, 6.45) is 1.37. The van der Waals surface area contributed by atoms with E-state index in [-0.39, 0.29) is 28.3 Å². The molecule has 3 heterocycles. The quantitative estimate of drug-likeness (QED) is 0.106.